The zero-order valence-corrected chi connectivity index (χ0v) is 17.5. The summed E-state index contributed by atoms with van der Waals surface area (Å²) in [5, 5.41) is 7.31. The zero-order chi connectivity index (χ0) is 25.8. The lowest BCUT2D eigenvalue weighted by Gasteiger charge is -2.21. The Morgan fingerprint density at radius 1 is 0.971 bits per heavy atom. The predicted octanol–water partition coefficient (Wildman–Crippen LogP) is 4.26. The van der Waals surface area contributed by atoms with Crippen LogP contribution < -0.4 is 10.6 Å². The summed E-state index contributed by atoms with van der Waals surface area (Å²) in [6.07, 6.45) is -11.0. The third kappa shape index (κ3) is 6.66. The Bertz CT molecular complexity index is 1260. The van der Waals surface area contributed by atoms with Gasteiger partial charge in [-0.2, -0.15) is 26.3 Å². The molecule has 0 unspecified atom stereocenters. The normalized spacial score (nSPS) is 11.5. The molecule has 0 aliphatic rings. The topological polar surface area (TPSA) is 85.0 Å². The molecule has 0 spiro atoms. The maximum atomic E-state index is 13.4. The number of amides is 1. The van der Waals surface area contributed by atoms with Gasteiger partial charge in [-0.3, -0.25) is 9.78 Å². The van der Waals surface area contributed by atoms with Crippen LogP contribution in [0, 0.1) is 17.7 Å². The quantitative estimate of drug-likeness (QED) is 0.430. The van der Waals surface area contributed by atoms with E-state index in [-0.39, 0.29) is 36.0 Å². The van der Waals surface area contributed by atoms with Crippen LogP contribution >= 0.6 is 0 Å². The number of carbonyl (C=O) groups excluding carboxylic acids is 1. The summed E-state index contributed by atoms with van der Waals surface area (Å²) in [5.74, 6) is 3.74. The van der Waals surface area contributed by atoms with E-state index in [1.165, 1.54) is 24.3 Å². The number of pyridine rings is 1. The second-order valence-corrected chi connectivity index (χ2v) is 6.99. The summed E-state index contributed by atoms with van der Waals surface area (Å²) in [6.45, 7) is -0.363. The van der Waals surface area contributed by atoms with Crippen molar-refractivity contribution >= 4 is 17.4 Å². The molecule has 1 amide bonds. The zero-order valence-electron chi connectivity index (χ0n) is 17.5. The molecule has 0 aliphatic carbocycles. The van der Waals surface area contributed by atoms with E-state index in [9.17, 15) is 35.5 Å². The van der Waals surface area contributed by atoms with E-state index in [1.54, 1.807) is 0 Å². The van der Waals surface area contributed by atoms with Gasteiger partial charge in [-0.05, 0) is 48.4 Å². The molecule has 0 bridgehead atoms. The van der Waals surface area contributed by atoms with Crippen LogP contribution in [0.15, 0.2) is 48.7 Å². The molecular weight excluding hydrogens is 483 g/mol. The van der Waals surface area contributed by atoms with E-state index in [1.807, 2.05) is 0 Å². The number of nitrogens with two attached hydrogens (primary N) is 1. The van der Waals surface area contributed by atoms with Crippen molar-refractivity contribution in [2.24, 2.45) is 0 Å². The lowest BCUT2D eigenvalue weighted by Crippen LogP contribution is -2.33. The molecule has 0 aliphatic heterocycles. The average molecular weight is 497 g/mol. The standard InChI is InChI=1S/C22H14F7N5O/c23-14-3-6-16(7-4-14)34(9-1-2-15-5-8-19(30)33-32-15)20(35)11-18-17(22(27,28)29)10-13(12-31-18)21(24,25)26/h3-8,10,12H,9,11H2,(H2,30,33). The van der Waals surface area contributed by atoms with Gasteiger partial charge < -0.3 is 10.6 Å². The number of alkyl halides is 6. The highest BCUT2D eigenvalue weighted by molar-refractivity contribution is 5.95. The van der Waals surface area contributed by atoms with Crippen LogP contribution in [0.4, 0.5) is 42.2 Å². The number of carbonyl (C=O) groups is 1. The van der Waals surface area contributed by atoms with Crippen molar-refractivity contribution < 1.29 is 35.5 Å². The number of anilines is 2. The highest BCUT2D eigenvalue weighted by Crippen LogP contribution is 2.36. The van der Waals surface area contributed by atoms with E-state index >= 15 is 0 Å². The van der Waals surface area contributed by atoms with Crippen LogP contribution in [0.1, 0.15) is 22.5 Å². The smallest absolute Gasteiger partial charge is 0.382 e. The van der Waals surface area contributed by atoms with Gasteiger partial charge in [0.1, 0.15) is 17.3 Å². The molecule has 2 aromatic heterocycles. The molecule has 6 nitrogen and oxygen atoms in total. The highest BCUT2D eigenvalue weighted by atomic mass is 19.4. The summed E-state index contributed by atoms with van der Waals surface area (Å²) in [7, 11) is 0. The lowest BCUT2D eigenvalue weighted by atomic mass is 10.1. The Morgan fingerprint density at radius 3 is 2.23 bits per heavy atom. The molecule has 0 fully saturated rings. The Labute approximate surface area is 193 Å². The van der Waals surface area contributed by atoms with Crippen molar-refractivity contribution in [2.75, 3.05) is 17.2 Å². The number of hydrogen-bond donors (Lipinski definition) is 1. The van der Waals surface area contributed by atoms with Crippen molar-refractivity contribution in [1.82, 2.24) is 15.2 Å². The number of nitrogen functional groups attached to an aromatic ring is 1. The second-order valence-electron chi connectivity index (χ2n) is 6.99. The van der Waals surface area contributed by atoms with Crippen molar-refractivity contribution in [3.8, 4) is 11.8 Å². The molecule has 13 heteroatoms. The predicted molar refractivity (Wildman–Crippen MR) is 110 cm³/mol. The van der Waals surface area contributed by atoms with Gasteiger partial charge in [-0.15, -0.1) is 10.2 Å². The Kier molecular flexibility index (Phi) is 7.23. The maximum absolute atomic E-state index is 13.4. The van der Waals surface area contributed by atoms with Gasteiger partial charge in [-0.1, -0.05) is 5.92 Å². The van der Waals surface area contributed by atoms with E-state index in [4.69, 9.17) is 5.73 Å². The number of halogens is 7. The van der Waals surface area contributed by atoms with E-state index in [0.717, 1.165) is 17.0 Å². The number of hydrogen-bond acceptors (Lipinski definition) is 5. The summed E-state index contributed by atoms with van der Waals surface area (Å²) in [4.78, 5) is 17.1. The van der Waals surface area contributed by atoms with E-state index < -0.39 is 47.3 Å². The summed E-state index contributed by atoms with van der Waals surface area (Å²) >= 11 is 0. The Morgan fingerprint density at radius 2 is 1.66 bits per heavy atom. The first-order valence-electron chi connectivity index (χ1n) is 9.62. The second kappa shape index (κ2) is 9.96. The molecule has 0 atom stereocenters. The van der Waals surface area contributed by atoms with Crippen LogP contribution in [0.5, 0.6) is 0 Å². The molecular formula is C22H14F7N5O. The molecule has 3 aromatic rings. The van der Waals surface area contributed by atoms with Crippen LogP contribution in [0.25, 0.3) is 0 Å². The number of aromatic nitrogens is 3. The molecule has 35 heavy (non-hydrogen) atoms. The van der Waals surface area contributed by atoms with Crippen molar-refractivity contribution in [3.05, 3.63) is 77.0 Å². The van der Waals surface area contributed by atoms with Crippen molar-refractivity contribution in [3.63, 3.8) is 0 Å². The highest BCUT2D eigenvalue weighted by Gasteiger charge is 2.39. The first kappa shape index (κ1) is 25.4. The molecule has 2 N–H and O–H groups in total. The first-order chi connectivity index (χ1) is 16.3. The van der Waals surface area contributed by atoms with Crippen LogP contribution in [0.3, 0.4) is 0 Å². The number of rotatable bonds is 4. The lowest BCUT2D eigenvalue weighted by molar-refractivity contribution is -0.143. The van der Waals surface area contributed by atoms with Gasteiger partial charge in [0.15, 0.2) is 0 Å². The fourth-order valence-corrected chi connectivity index (χ4v) is 2.84. The van der Waals surface area contributed by atoms with Gasteiger partial charge in [0.25, 0.3) is 0 Å². The number of nitrogens with zero attached hydrogens (tertiary/aromatic N) is 4. The maximum Gasteiger partial charge on any atom is 0.418 e. The van der Waals surface area contributed by atoms with E-state index in [2.05, 4.69) is 27.0 Å². The number of benzene rings is 1. The van der Waals surface area contributed by atoms with Gasteiger partial charge in [0.05, 0.1) is 29.8 Å². The average Bonchev–Trinajstić information content (AvgIpc) is 2.77. The van der Waals surface area contributed by atoms with Gasteiger partial charge >= 0.3 is 12.4 Å². The molecule has 0 saturated heterocycles. The molecule has 0 radical (unpaired) electrons. The van der Waals surface area contributed by atoms with Gasteiger partial charge in [0, 0.05) is 11.9 Å². The van der Waals surface area contributed by atoms with Crippen molar-refractivity contribution in [1.29, 1.82) is 0 Å². The minimum absolute atomic E-state index is 0.0922. The monoisotopic (exact) mass is 497 g/mol. The summed E-state index contributed by atoms with van der Waals surface area (Å²) in [5.41, 5.74) is 1.51. The first-order valence-corrected chi connectivity index (χ1v) is 9.62. The van der Waals surface area contributed by atoms with E-state index in [0.29, 0.717) is 0 Å². The largest absolute Gasteiger partial charge is 0.418 e. The van der Waals surface area contributed by atoms with Crippen LogP contribution in [-0.4, -0.2) is 27.6 Å². The van der Waals surface area contributed by atoms with Crippen molar-refractivity contribution in [2.45, 2.75) is 18.8 Å². The van der Waals surface area contributed by atoms with Gasteiger partial charge in [-0.25, -0.2) is 4.39 Å². The van der Waals surface area contributed by atoms with Crippen LogP contribution in [0.2, 0.25) is 0 Å². The SMILES string of the molecule is Nc1ccc(C#CCN(C(=O)Cc2ncc(C(F)(F)F)cc2C(F)(F)F)c2ccc(F)cc2)nn1. The fraction of sp³-hybridized carbons (Fsp3) is 0.182. The summed E-state index contributed by atoms with van der Waals surface area (Å²) < 4.78 is 92.3. The van der Waals surface area contributed by atoms with Crippen LogP contribution in [-0.2, 0) is 23.6 Å². The molecule has 0 saturated carbocycles. The minimum atomic E-state index is -5.20. The fourth-order valence-electron chi connectivity index (χ4n) is 2.84. The third-order valence-electron chi connectivity index (χ3n) is 4.50. The van der Waals surface area contributed by atoms with Gasteiger partial charge in [0.2, 0.25) is 5.91 Å². The Balaban J connectivity index is 1.93. The molecule has 2 heterocycles. The third-order valence-corrected chi connectivity index (χ3v) is 4.50. The molecule has 1 aromatic carbocycles. The molecule has 182 valence electrons. The molecule has 3 rings (SSSR count). The summed E-state index contributed by atoms with van der Waals surface area (Å²) in [6, 6.07) is 7.21. The minimum Gasteiger partial charge on any atom is -0.382 e. The Hall–Kier alpha value is -4.21.